The number of para-hydroxylation sites is 1. The predicted molar refractivity (Wildman–Crippen MR) is 133 cm³/mol. The van der Waals surface area contributed by atoms with E-state index in [2.05, 4.69) is 22.4 Å². The quantitative estimate of drug-likeness (QED) is 0.257. The standard InChI is InChI=1S/C28H24N4O2/c1-32-16-23(30-17-32)18-8-12-21(13-9-18)31-26(19-6-10-20(11-7-19)28(29)14-15-28)25-22-4-2-3-5-24(22)34-27(25)33/h2-13,16-17,31H,14-15,29H2,1H3/b26-25-. The van der Waals surface area contributed by atoms with Gasteiger partial charge in [0.2, 0.25) is 0 Å². The second-order valence-electron chi connectivity index (χ2n) is 9.00. The van der Waals surface area contributed by atoms with Gasteiger partial charge in [-0.05, 0) is 42.2 Å². The van der Waals surface area contributed by atoms with Crippen LogP contribution in [0.5, 0.6) is 5.75 Å². The Hall–Kier alpha value is -4.16. The van der Waals surface area contributed by atoms with Gasteiger partial charge in [0.15, 0.2) is 0 Å². The first kappa shape index (κ1) is 20.4. The number of benzene rings is 3. The van der Waals surface area contributed by atoms with Gasteiger partial charge in [0.1, 0.15) is 5.75 Å². The van der Waals surface area contributed by atoms with Gasteiger partial charge in [0, 0.05) is 35.6 Å². The number of nitrogens with one attached hydrogen (secondary N) is 1. The molecule has 6 heteroatoms. The number of carbonyl (C=O) groups excluding carboxylic acids is 1. The number of nitrogens with zero attached hydrogens (tertiary/aromatic N) is 2. The summed E-state index contributed by atoms with van der Waals surface area (Å²) in [7, 11) is 1.95. The summed E-state index contributed by atoms with van der Waals surface area (Å²) in [5.74, 6) is 0.207. The zero-order chi connectivity index (χ0) is 23.3. The Bertz CT molecular complexity index is 1430. The van der Waals surface area contributed by atoms with E-state index in [1.165, 1.54) is 0 Å². The lowest BCUT2D eigenvalue weighted by molar-refractivity contribution is -0.126. The molecule has 0 saturated heterocycles. The van der Waals surface area contributed by atoms with Crippen LogP contribution in [0.15, 0.2) is 85.3 Å². The van der Waals surface area contributed by atoms with E-state index in [0.29, 0.717) is 17.0 Å². The number of hydrogen-bond acceptors (Lipinski definition) is 5. The molecule has 0 spiro atoms. The van der Waals surface area contributed by atoms with Gasteiger partial charge in [-0.3, -0.25) is 0 Å². The fourth-order valence-corrected chi connectivity index (χ4v) is 4.36. The highest BCUT2D eigenvalue weighted by Crippen LogP contribution is 2.43. The maximum Gasteiger partial charge on any atom is 0.346 e. The molecule has 1 fully saturated rings. The molecular formula is C28H24N4O2. The molecule has 0 radical (unpaired) electrons. The lowest BCUT2D eigenvalue weighted by atomic mass is 9.97. The smallest absolute Gasteiger partial charge is 0.346 e. The summed E-state index contributed by atoms with van der Waals surface area (Å²) in [5.41, 5.74) is 13.0. The van der Waals surface area contributed by atoms with Gasteiger partial charge in [-0.25, -0.2) is 9.78 Å². The minimum atomic E-state index is -0.365. The number of anilines is 1. The number of rotatable bonds is 5. The zero-order valence-electron chi connectivity index (χ0n) is 18.8. The van der Waals surface area contributed by atoms with E-state index in [0.717, 1.165) is 46.5 Å². The van der Waals surface area contributed by atoms with Crippen molar-refractivity contribution in [3.63, 3.8) is 0 Å². The maximum atomic E-state index is 13.0. The molecule has 1 aromatic heterocycles. The summed E-state index contributed by atoms with van der Waals surface area (Å²) < 4.78 is 7.48. The molecule has 0 atom stereocenters. The number of nitrogens with two attached hydrogens (primary N) is 1. The number of aromatic nitrogens is 2. The van der Waals surface area contributed by atoms with E-state index in [-0.39, 0.29) is 11.5 Å². The summed E-state index contributed by atoms with van der Waals surface area (Å²) >= 11 is 0. The van der Waals surface area contributed by atoms with Crippen molar-refractivity contribution in [1.82, 2.24) is 9.55 Å². The topological polar surface area (TPSA) is 82.2 Å². The molecule has 0 amide bonds. The molecule has 1 aliphatic heterocycles. The number of hydrogen-bond donors (Lipinski definition) is 2. The van der Waals surface area contributed by atoms with Gasteiger partial charge in [0.05, 0.1) is 23.3 Å². The largest absolute Gasteiger partial charge is 0.422 e. The lowest BCUT2D eigenvalue weighted by Crippen LogP contribution is -2.18. The summed E-state index contributed by atoms with van der Waals surface area (Å²) in [5, 5.41) is 3.49. The predicted octanol–water partition coefficient (Wildman–Crippen LogP) is 4.93. The van der Waals surface area contributed by atoms with Crippen LogP contribution in [0, 0.1) is 0 Å². The fourth-order valence-electron chi connectivity index (χ4n) is 4.36. The van der Waals surface area contributed by atoms with Crippen LogP contribution in [0.3, 0.4) is 0 Å². The van der Waals surface area contributed by atoms with E-state index in [9.17, 15) is 4.79 Å². The van der Waals surface area contributed by atoms with Gasteiger partial charge in [0.25, 0.3) is 0 Å². The van der Waals surface area contributed by atoms with Crippen molar-refractivity contribution in [3.8, 4) is 17.0 Å². The number of carbonyl (C=O) groups is 1. The van der Waals surface area contributed by atoms with Crippen LogP contribution >= 0.6 is 0 Å². The van der Waals surface area contributed by atoms with E-state index in [4.69, 9.17) is 10.5 Å². The Kier molecular flexibility index (Phi) is 4.64. The molecule has 0 unspecified atom stereocenters. The summed E-state index contributed by atoms with van der Waals surface area (Å²) in [6.45, 7) is 0. The molecule has 6 rings (SSSR count). The number of imidazole rings is 1. The summed E-state index contributed by atoms with van der Waals surface area (Å²) in [4.78, 5) is 17.4. The molecule has 3 N–H and O–H groups in total. The van der Waals surface area contributed by atoms with Crippen molar-refractivity contribution in [2.45, 2.75) is 18.4 Å². The Morgan fingerprint density at radius 3 is 2.44 bits per heavy atom. The van der Waals surface area contributed by atoms with Crippen LogP contribution in [-0.4, -0.2) is 15.5 Å². The van der Waals surface area contributed by atoms with Crippen molar-refractivity contribution in [2.75, 3.05) is 5.32 Å². The number of fused-ring (bicyclic) bond motifs is 1. The van der Waals surface area contributed by atoms with Crippen molar-refractivity contribution in [3.05, 3.63) is 102 Å². The third-order valence-electron chi connectivity index (χ3n) is 6.51. The first-order valence-corrected chi connectivity index (χ1v) is 11.3. The molecular weight excluding hydrogens is 424 g/mol. The molecule has 34 heavy (non-hydrogen) atoms. The van der Waals surface area contributed by atoms with Gasteiger partial charge >= 0.3 is 5.97 Å². The second-order valence-corrected chi connectivity index (χ2v) is 9.00. The van der Waals surface area contributed by atoms with Crippen LogP contribution in [-0.2, 0) is 17.4 Å². The molecule has 4 aromatic rings. The maximum absolute atomic E-state index is 13.0. The molecule has 6 nitrogen and oxygen atoms in total. The third kappa shape index (κ3) is 3.58. The first-order valence-electron chi connectivity index (χ1n) is 11.3. The van der Waals surface area contributed by atoms with Crippen molar-refractivity contribution in [2.24, 2.45) is 12.8 Å². The molecule has 3 aromatic carbocycles. The Balaban J connectivity index is 1.41. The summed E-state index contributed by atoms with van der Waals surface area (Å²) in [6, 6.07) is 23.7. The van der Waals surface area contributed by atoms with E-state index < -0.39 is 0 Å². The van der Waals surface area contributed by atoms with Gasteiger partial charge < -0.3 is 20.4 Å². The van der Waals surface area contributed by atoms with Crippen molar-refractivity contribution < 1.29 is 9.53 Å². The fraction of sp³-hybridized carbons (Fsp3) is 0.143. The highest BCUT2D eigenvalue weighted by molar-refractivity contribution is 6.29. The van der Waals surface area contributed by atoms with Crippen LogP contribution < -0.4 is 15.8 Å². The Labute approximate surface area is 197 Å². The van der Waals surface area contributed by atoms with E-state index >= 15 is 0 Å². The van der Waals surface area contributed by atoms with Crippen LogP contribution in [0.4, 0.5) is 5.69 Å². The normalized spacial score (nSPS) is 17.2. The number of ether oxygens (including phenoxy) is 1. The monoisotopic (exact) mass is 448 g/mol. The molecule has 168 valence electrons. The van der Waals surface area contributed by atoms with Crippen LogP contribution in [0.2, 0.25) is 0 Å². The molecule has 2 aliphatic rings. The molecule has 0 bridgehead atoms. The Morgan fingerprint density at radius 1 is 1.03 bits per heavy atom. The number of aryl methyl sites for hydroxylation is 1. The Morgan fingerprint density at radius 2 is 1.76 bits per heavy atom. The summed E-state index contributed by atoms with van der Waals surface area (Å²) in [6.07, 6.45) is 5.76. The van der Waals surface area contributed by atoms with Gasteiger partial charge in [-0.1, -0.05) is 54.6 Å². The lowest BCUT2D eigenvalue weighted by Gasteiger charge is -2.16. The van der Waals surface area contributed by atoms with E-state index in [1.807, 2.05) is 78.5 Å². The van der Waals surface area contributed by atoms with Crippen LogP contribution in [0.25, 0.3) is 22.5 Å². The van der Waals surface area contributed by atoms with Gasteiger partial charge in [-0.15, -0.1) is 0 Å². The van der Waals surface area contributed by atoms with Gasteiger partial charge in [-0.2, -0.15) is 0 Å². The average Bonchev–Trinajstić information content (AvgIpc) is 3.31. The average molecular weight is 449 g/mol. The highest BCUT2D eigenvalue weighted by Gasteiger charge is 2.40. The first-order chi connectivity index (χ1) is 16.5. The second kappa shape index (κ2) is 7.71. The zero-order valence-corrected chi connectivity index (χ0v) is 18.8. The minimum Gasteiger partial charge on any atom is -0.422 e. The van der Waals surface area contributed by atoms with E-state index in [1.54, 1.807) is 6.33 Å². The third-order valence-corrected chi connectivity index (χ3v) is 6.51. The van der Waals surface area contributed by atoms with Crippen LogP contribution in [0.1, 0.15) is 29.5 Å². The minimum absolute atomic E-state index is 0.209. The molecule has 1 aliphatic carbocycles. The SMILES string of the molecule is Cn1cnc(-c2ccc(N/C(=C3\C(=O)Oc4ccccc43)c3ccc(C4(N)CC4)cc3)cc2)c1. The number of esters is 1. The van der Waals surface area contributed by atoms with Crippen molar-refractivity contribution >= 4 is 22.9 Å². The molecule has 2 heterocycles. The van der Waals surface area contributed by atoms with Crippen molar-refractivity contribution in [1.29, 1.82) is 0 Å². The molecule has 1 saturated carbocycles. The highest BCUT2D eigenvalue weighted by atomic mass is 16.5.